The van der Waals surface area contributed by atoms with Crippen LogP contribution in [0.2, 0.25) is 0 Å². The van der Waals surface area contributed by atoms with Gasteiger partial charge in [0.25, 0.3) is 5.91 Å². The van der Waals surface area contributed by atoms with Crippen LogP contribution in [0, 0.1) is 0 Å². The molecule has 0 unspecified atom stereocenters. The van der Waals surface area contributed by atoms with E-state index in [1.165, 1.54) is 24.3 Å². The summed E-state index contributed by atoms with van der Waals surface area (Å²) in [7, 11) is 0. The number of thioether (sulfide) groups is 1. The molecule has 45 heavy (non-hydrogen) atoms. The molecule has 2 fully saturated rings. The van der Waals surface area contributed by atoms with Crippen LogP contribution >= 0.6 is 11.8 Å². The van der Waals surface area contributed by atoms with Gasteiger partial charge < -0.3 is 15.1 Å². The maximum Gasteiger partial charge on any atom is 0.490 e. The van der Waals surface area contributed by atoms with E-state index in [0.29, 0.717) is 12.8 Å². The molecule has 2 aliphatic rings. The van der Waals surface area contributed by atoms with E-state index in [4.69, 9.17) is 19.8 Å². The molecular weight excluding hydrogens is 653 g/mol. The molecule has 0 radical (unpaired) electrons. The van der Waals surface area contributed by atoms with Gasteiger partial charge in [0.05, 0.1) is 11.2 Å². The molecule has 1 aliphatic heterocycles. The third-order valence-electron chi connectivity index (χ3n) is 6.14. The Bertz CT molecular complexity index is 1560. The van der Waals surface area contributed by atoms with Crippen LogP contribution < -0.4 is 4.90 Å². The van der Waals surface area contributed by atoms with Crippen LogP contribution in [0.5, 0.6) is 0 Å². The van der Waals surface area contributed by atoms with Gasteiger partial charge in [-0.15, -0.1) is 0 Å². The summed E-state index contributed by atoms with van der Waals surface area (Å²) in [5.74, 6) is -5.84. The number of carbonyl (C=O) groups excluding carboxylic acids is 2. The van der Waals surface area contributed by atoms with Gasteiger partial charge in [0.2, 0.25) is 0 Å². The summed E-state index contributed by atoms with van der Waals surface area (Å²) in [5.41, 5.74) is -3.31. The molecule has 0 atom stereocenters. The van der Waals surface area contributed by atoms with Crippen molar-refractivity contribution in [1.29, 1.82) is 0 Å². The number of aliphatic carboxylic acids is 2. The van der Waals surface area contributed by atoms with Crippen LogP contribution in [0.25, 0.3) is 10.9 Å². The van der Waals surface area contributed by atoms with Crippen molar-refractivity contribution in [2.45, 2.75) is 47.7 Å². The highest BCUT2D eigenvalue weighted by Gasteiger charge is 2.65. The molecule has 1 saturated heterocycles. The number of aromatic nitrogens is 1. The second-order valence-corrected chi connectivity index (χ2v) is 10.3. The van der Waals surface area contributed by atoms with Crippen molar-refractivity contribution in [1.82, 2.24) is 9.88 Å². The van der Waals surface area contributed by atoms with Crippen molar-refractivity contribution in [3.8, 4) is 0 Å². The summed E-state index contributed by atoms with van der Waals surface area (Å²) in [5, 5.41) is 15.2. The standard InChI is InChI=1S/C22H16F3N3O2S.2C2HF3O2/c23-22(24,25)31-16-7-5-15(6-8-16)28-19(29)21(10-11-21)27(20(28)30)13-14-9-12-26-18-4-2-1-3-17(14)18;2*3-2(4,5)1(6)7/h1-9,12H,10-11,13H2;2*(H,6,7). The number of amides is 3. The first-order valence-electron chi connectivity index (χ1n) is 12.1. The lowest BCUT2D eigenvalue weighted by atomic mass is 10.1. The number of imide groups is 1. The lowest BCUT2D eigenvalue weighted by Crippen LogP contribution is -2.36. The first-order valence-corrected chi connectivity index (χ1v) is 12.9. The highest BCUT2D eigenvalue weighted by Crippen LogP contribution is 2.50. The van der Waals surface area contributed by atoms with Gasteiger partial charge in [-0.05, 0) is 66.6 Å². The maximum absolute atomic E-state index is 13.3. The van der Waals surface area contributed by atoms with Gasteiger partial charge in [0.1, 0.15) is 5.54 Å². The van der Waals surface area contributed by atoms with Crippen molar-refractivity contribution in [3.63, 3.8) is 0 Å². The number of carboxylic acids is 2. The minimum Gasteiger partial charge on any atom is -0.475 e. The van der Waals surface area contributed by atoms with Crippen LogP contribution in [0.15, 0.2) is 65.7 Å². The number of hydrogen-bond donors (Lipinski definition) is 2. The lowest BCUT2D eigenvalue weighted by molar-refractivity contribution is -0.193. The number of carbonyl (C=O) groups is 4. The number of rotatable bonds is 4. The Morgan fingerprint density at radius 2 is 1.33 bits per heavy atom. The third-order valence-corrected chi connectivity index (χ3v) is 6.88. The predicted octanol–water partition coefficient (Wildman–Crippen LogP) is 6.61. The lowest BCUT2D eigenvalue weighted by Gasteiger charge is -2.22. The van der Waals surface area contributed by atoms with E-state index in [-0.39, 0.29) is 34.8 Å². The molecule has 1 aliphatic carbocycles. The minimum atomic E-state index is -5.08. The zero-order chi connectivity index (χ0) is 34.0. The summed E-state index contributed by atoms with van der Waals surface area (Å²) in [6.45, 7) is 0.256. The van der Waals surface area contributed by atoms with E-state index in [9.17, 15) is 49.1 Å². The first kappa shape index (κ1) is 34.9. The Morgan fingerprint density at radius 1 is 0.822 bits per heavy atom. The number of benzene rings is 2. The minimum absolute atomic E-state index is 0.00316. The summed E-state index contributed by atoms with van der Waals surface area (Å²) >= 11 is -0.236. The monoisotopic (exact) mass is 671 g/mol. The Morgan fingerprint density at radius 3 is 1.80 bits per heavy atom. The number of anilines is 1. The van der Waals surface area contributed by atoms with Crippen molar-refractivity contribution in [2.75, 3.05) is 4.90 Å². The molecule has 5 rings (SSSR count). The van der Waals surface area contributed by atoms with Crippen LogP contribution in [0.3, 0.4) is 0 Å². The average Bonchev–Trinajstić information content (AvgIpc) is 3.70. The molecule has 0 bridgehead atoms. The van der Waals surface area contributed by atoms with Crippen LogP contribution in [-0.2, 0) is 20.9 Å². The Kier molecular flexibility index (Phi) is 9.95. The molecule has 242 valence electrons. The highest BCUT2D eigenvalue weighted by molar-refractivity contribution is 8.00. The molecule has 9 nitrogen and oxygen atoms in total. The van der Waals surface area contributed by atoms with Crippen LogP contribution in [-0.4, -0.2) is 67.4 Å². The Balaban J connectivity index is 0.000000331. The Labute approximate surface area is 250 Å². The van der Waals surface area contributed by atoms with Crippen LogP contribution in [0.1, 0.15) is 18.4 Å². The van der Waals surface area contributed by atoms with Gasteiger partial charge in [0, 0.05) is 23.0 Å². The number of para-hydroxylation sites is 1. The average molecular weight is 671 g/mol. The SMILES string of the molecule is O=C(O)C(F)(F)F.O=C(O)C(F)(F)F.O=C1N(c2ccc(SC(F)(F)F)cc2)C(=O)C2(CC2)N1Cc1ccnc2ccccc12. The number of carboxylic acid groups (broad SMARTS) is 2. The molecule has 3 amide bonds. The number of urea groups is 1. The number of alkyl halides is 9. The zero-order valence-electron chi connectivity index (χ0n) is 22.1. The van der Waals surface area contributed by atoms with E-state index in [1.54, 1.807) is 11.1 Å². The third kappa shape index (κ3) is 8.55. The van der Waals surface area contributed by atoms with Gasteiger partial charge in [-0.25, -0.2) is 19.3 Å². The van der Waals surface area contributed by atoms with Gasteiger partial charge in [-0.3, -0.25) is 9.78 Å². The number of pyridine rings is 1. The maximum atomic E-state index is 13.3. The van der Waals surface area contributed by atoms with E-state index in [0.717, 1.165) is 21.4 Å². The smallest absolute Gasteiger partial charge is 0.475 e. The van der Waals surface area contributed by atoms with Crippen molar-refractivity contribution in [3.05, 3.63) is 66.4 Å². The summed E-state index contributed by atoms with van der Waals surface area (Å²) in [4.78, 5) is 51.2. The fourth-order valence-corrected chi connectivity index (χ4v) is 4.56. The van der Waals surface area contributed by atoms with Crippen LogP contribution in [0.4, 0.5) is 50.0 Å². The summed E-state index contributed by atoms with van der Waals surface area (Å²) in [6, 6.07) is 14.3. The van der Waals surface area contributed by atoms with Crippen molar-refractivity contribution >= 4 is 52.2 Å². The van der Waals surface area contributed by atoms with Crippen molar-refractivity contribution in [2.24, 2.45) is 0 Å². The van der Waals surface area contributed by atoms with E-state index in [2.05, 4.69) is 4.98 Å². The molecule has 3 aromatic rings. The summed E-state index contributed by atoms with van der Waals surface area (Å²) in [6.07, 6.45) is -7.35. The fourth-order valence-electron chi connectivity index (χ4n) is 4.02. The number of hydrogen-bond acceptors (Lipinski definition) is 6. The molecule has 1 saturated carbocycles. The molecule has 19 heteroatoms. The van der Waals surface area contributed by atoms with E-state index >= 15 is 0 Å². The Hall–Kier alpha value is -4.55. The van der Waals surface area contributed by atoms with Gasteiger partial charge in [-0.1, -0.05) is 18.2 Å². The number of fused-ring (bicyclic) bond motifs is 1. The zero-order valence-corrected chi connectivity index (χ0v) is 22.9. The largest absolute Gasteiger partial charge is 0.490 e. The predicted molar refractivity (Wildman–Crippen MR) is 138 cm³/mol. The van der Waals surface area contributed by atoms with Gasteiger partial charge in [0.15, 0.2) is 0 Å². The molecular formula is C26H18F9N3O6S. The quantitative estimate of drug-likeness (QED) is 0.180. The second kappa shape index (κ2) is 12.8. The number of nitrogens with zero attached hydrogens (tertiary/aromatic N) is 3. The molecule has 2 heterocycles. The highest BCUT2D eigenvalue weighted by atomic mass is 32.2. The normalized spacial score (nSPS) is 15.8. The van der Waals surface area contributed by atoms with Gasteiger partial charge in [-0.2, -0.15) is 39.5 Å². The van der Waals surface area contributed by atoms with E-state index in [1.807, 2.05) is 30.3 Å². The molecule has 1 aromatic heterocycles. The topological polar surface area (TPSA) is 128 Å². The second-order valence-electron chi connectivity index (χ2n) is 9.18. The number of halogens is 9. The molecule has 1 spiro atoms. The van der Waals surface area contributed by atoms with Gasteiger partial charge >= 0.3 is 35.8 Å². The first-order chi connectivity index (χ1) is 20.7. The van der Waals surface area contributed by atoms with E-state index < -0.39 is 41.4 Å². The summed E-state index contributed by atoms with van der Waals surface area (Å²) < 4.78 is 101. The molecule has 2 N–H and O–H groups in total. The fraction of sp³-hybridized carbons (Fsp3) is 0.269. The molecule has 2 aromatic carbocycles. The van der Waals surface area contributed by atoms with Crippen molar-refractivity contribution < 1.29 is 68.9 Å².